The lowest BCUT2D eigenvalue weighted by Gasteiger charge is -2.27. The van der Waals surface area contributed by atoms with E-state index in [2.05, 4.69) is 36.6 Å². The van der Waals surface area contributed by atoms with Crippen LogP contribution in [0.5, 0.6) is 0 Å². The molecule has 6 atom stereocenters. The maximum absolute atomic E-state index is 14.2. The molecule has 12 N–H and O–H groups in total. The van der Waals surface area contributed by atoms with Crippen LogP contribution in [0.2, 0.25) is 0 Å². The van der Waals surface area contributed by atoms with Crippen LogP contribution >= 0.6 is 0 Å². The van der Waals surface area contributed by atoms with Crippen molar-refractivity contribution in [3.05, 3.63) is 90.0 Å². The average Bonchev–Trinajstić information content (AvgIpc) is 3.73. The van der Waals surface area contributed by atoms with Crippen LogP contribution in [0.3, 0.4) is 0 Å². The molecule has 0 aliphatic heterocycles. The molecule has 3 rings (SSSR count). The van der Waals surface area contributed by atoms with Crippen molar-refractivity contribution in [2.45, 2.75) is 94.0 Å². The van der Waals surface area contributed by atoms with E-state index >= 15 is 0 Å². The minimum absolute atomic E-state index is 0.0294. The number of amides is 5. The number of carbonyl (C=O) groups excluding carboxylic acids is 5. The molecule has 21 heteroatoms. The van der Waals surface area contributed by atoms with Crippen LogP contribution in [-0.2, 0) is 62.7 Å². The van der Waals surface area contributed by atoms with E-state index in [-0.39, 0.29) is 32.1 Å². The average molecular weight is 873 g/mol. The van der Waals surface area contributed by atoms with Crippen LogP contribution in [0.15, 0.2) is 73.2 Å². The summed E-state index contributed by atoms with van der Waals surface area (Å²) in [5.74, 6) is -7.37. The second-order valence-corrected chi connectivity index (χ2v) is 16.8. The molecule has 0 saturated heterocycles. The van der Waals surface area contributed by atoms with Gasteiger partial charge in [0.15, 0.2) is 0 Å². The number of unbranched alkanes of at least 4 members (excludes halogenated alkanes) is 1. The van der Waals surface area contributed by atoms with Crippen LogP contribution in [-0.4, -0.2) is 125 Å². The number of rotatable bonds is 27. The van der Waals surface area contributed by atoms with Crippen LogP contribution in [0.4, 0.5) is 0 Å². The summed E-state index contributed by atoms with van der Waals surface area (Å²) in [6.07, 6.45) is 3.03. The number of imidazole rings is 1. The van der Waals surface area contributed by atoms with Crippen LogP contribution in [0.1, 0.15) is 55.3 Å². The Hall–Kier alpha value is -6.19. The molecular weight excluding hydrogens is 817 g/mol. The fourth-order valence-electron chi connectivity index (χ4n) is 6.07. The van der Waals surface area contributed by atoms with Crippen molar-refractivity contribution in [2.24, 2.45) is 11.5 Å². The summed E-state index contributed by atoms with van der Waals surface area (Å²) in [7, 11) is -3.49. The number of nitrogens with two attached hydrogens (primary N) is 2. The van der Waals surface area contributed by atoms with Crippen LogP contribution < -0.4 is 38.1 Å². The molecule has 61 heavy (non-hydrogen) atoms. The number of benzene rings is 2. The Morgan fingerprint density at radius 3 is 1.62 bits per heavy atom. The predicted molar refractivity (Wildman–Crippen MR) is 222 cm³/mol. The molecule has 1 aromatic heterocycles. The highest BCUT2D eigenvalue weighted by molar-refractivity contribution is 7.90. The van der Waals surface area contributed by atoms with Gasteiger partial charge in [-0.15, -0.1) is 0 Å². The van der Waals surface area contributed by atoms with Crippen molar-refractivity contribution in [3.63, 3.8) is 0 Å². The summed E-state index contributed by atoms with van der Waals surface area (Å²) >= 11 is 0. The van der Waals surface area contributed by atoms with E-state index in [1.54, 1.807) is 60.7 Å². The lowest BCUT2D eigenvalue weighted by atomic mass is 10.0. The molecule has 1 heterocycles. The molecule has 5 amide bonds. The summed E-state index contributed by atoms with van der Waals surface area (Å²) in [6.45, 7) is 0.293. The first kappa shape index (κ1) is 49.2. The van der Waals surface area contributed by atoms with E-state index < -0.39 is 106 Å². The zero-order chi connectivity index (χ0) is 45.0. The monoisotopic (exact) mass is 872 g/mol. The fourth-order valence-corrected chi connectivity index (χ4v) is 6.75. The van der Waals surface area contributed by atoms with Gasteiger partial charge in [-0.1, -0.05) is 60.7 Å². The topological polar surface area (TPSA) is 335 Å². The minimum Gasteiger partial charge on any atom is -0.481 e. The van der Waals surface area contributed by atoms with Gasteiger partial charge < -0.3 is 53.2 Å². The quantitative estimate of drug-likeness (QED) is 0.0399. The Balaban J connectivity index is 1.90. The second kappa shape index (κ2) is 24.8. The second-order valence-electron chi connectivity index (χ2n) is 14.5. The van der Waals surface area contributed by atoms with Gasteiger partial charge in [-0.25, -0.2) is 18.2 Å². The summed E-state index contributed by atoms with van der Waals surface area (Å²) in [4.78, 5) is 99.1. The molecule has 0 unspecified atom stereocenters. The molecule has 332 valence electrons. The first-order valence-corrected chi connectivity index (χ1v) is 21.7. The number of H-pyrrole nitrogens is 1. The number of aromatic nitrogens is 2. The first-order valence-electron chi connectivity index (χ1n) is 19.6. The number of carboxylic acid groups (broad SMARTS) is 2. The summed E-state index contributed by atoms with van der Waals surface area (Å²) < 4.78 is 23.3. The number of hydrogen-bond acceptors (Lipinski definition) is 12. The summed E-state index contributed by atoms with van der Waals surface area (Å²) in [5, 5.41) is 32.0. The van der Waals surface area contributed by atoms with Crippen LogP contribution in [0, 0.1) is 0 Å². The molecule has 0 radical (unpaired) electrons. The number of nitrogens with one attached hydrogen (secondary N) is 6. The highest BCUT2D eigenvalue weighted by Crippen LogP contribution is 2.11. The number of nitrogens with zero attached hydrogens (tertiary/aromatic N) is 1. The maximum Gasteiger partial charge on any atom is 0.326 e. The first-order chi connectivity index (χ1) is 28.9. The standard InChI is InChI=1S/C40H55N9O11S/c1-61(59,60)19-17-28(42)35(52)45-30(15-16-34(50)51)37(54)48-32(22-27-23-43-24-44-27)39(56)47-31(20-25-10-4-2-5-11-25)38(55)46-29(14-8-9-18-41)36(53)49-33(40(57)58)21-26-12-6-3-7-13-26/h2-7,10-13,23-24,28-33H,8-9,14-22,41-42H2,1H3,(H,43,44)(H,45,52)(H,46,55)(H,47,56)(H,48,54)(H,49,53)(H,50,51)(H,57,58)/t28-,29+,30-,31-,32-,33-/m0/s1/i61+3. The number of hydrogen-bond donors (Lipinski definition) is 10. The highest BCUT2D eigenvalue weighted by Gasteiger charge is 2.33. The largest absolute Gasteiger partial charge is 0.481 e. The molecule has 0 fully saturated rings. The zero-order valence-corrected chi connectivity index (χ0v) is 34.6. The van der Waals surface area contributed by atoms with E-state index in [9.17, 15) is 52.2 Å². The van der Waals surface area contributed by atoms with Gasteiger partial charge in [0, 0.05) is 43.8 Å². The Bertz CT molecular complexity index is 2020. The zero-order valence-electron chi connectivity index (χ0n) is 33.7. The third-order valence-corrected chi connectivity index (χ3v) is 10.4. The Kier molecular flexibility index (Phi) is 20.0. The van der Waals surface area contributed by atoms with Gasteiger partial charge in [-0.05, 0) is 49.8 Å². The van der Waals surface area contributed by atoms with E-state index in [1.807, 2.05) is 0 Å². The number of carboxylic acids is 2. The Morgan fingerprint density at radius 1 is 0.656 bits per heavy atom. The molecule has 2 aromatic carbocycles. The van der Waals surface area contributed by atoms with E-state index in [1.165, 1.54) is 12.5 Å². The third-order valence-electron chi connectivity index (χ3n) is 9.42. The predicted octanol–water partition coefficient (Wildman–Crippen LogP) is -1.30. The number of aromatic amines is 1. The van der Waals surface area contributed by atoms with Crippen molar-refractivity contribution in [3.8, 4) is 0 Å². The summed E-state index contributed by atoms with van der Waals surface area (Å²) in [5.41, 5.74) is 13.2. The van der Waals surface area contributed by atoms with Crippen molar-refractivity contribution < 1.29 is 52.2 Å². The smallest absolute Gasteiger partial charge is 0.326 e. The van der Waals surface area contributed by atoms with Gasteiger partial charge in [0.05, 0.1) is 18.1 Å². The number of aliphatic carboxylic acids is 2. The fraction of sp³-hybridized carbons (Fsp3) is 0.450. The van der Waals surface area contributed by atoms with Crippen LogP contribution in [0.25, 0.3) is 0 Å². The van der Waals surface area contributed by atoms with Gasteiger partial charge >= 0.3 is 11.9 Å². The molecule has 3 aromatic rings. The normalized spacial score (nSPS) is 14.2. The van der Waals surface area contributed by atoms with Gasteiger partial charge in [0.2, 0.25) is 29.5 Å². The molecule has 20 nitrogen and oxygen atoms in total. The van der Waals surface area contributed by atoms with Gasteiger partial charge in [-0.2, -0.15) is 0 Å². The molecule has 0 spiro atoms. The van der Waals surface area contributed by atoms with Crippen molar-refractivity contribution in [1.29, 1.82) is 0 Å². The van der Waals surface area contributed by atoms with Crippen molar-refractivity contribution >= 4 is 51.3 Å². The lowest BCUT2D eigenvalue weighted by molar-refractivity contribution is -0.142. The van der Waals surface area contributed by atoms with E-state index in [0.717, 1.165) is 6.26 Å². The SMILES string of the molecule is C[35S](=O)(=O)CC[C@H](N)C(=O)N[C@@H](CCC(=O)O)C(=O)N[C@@H](Cc1cnc[nH]1)C(=O)N[C@@H](Cc1ccccc1)C(=O)N[C@H](CCCCN)C(=O)N[C@@H](Cc1ccccc1)C(=O)O. The molecule has 0 bridgehead atoms. The lowest BCUT2D eigenvalue weighted by Crippen LogP contribution is -2.60. The number of carbonyl (C=O) groups is 7. The summed E-state index contributed by atoms with van der Waals surface area (Å²) in [6, 6.07) is 8.97. The molecule has 0 aliphatic rings. The van der Waals surface area contributed by atoms with Gasteiger partial charge in [0.1, 0.15) is 40.0 Å². The Morgan fingerprint density at radius 2 is 1.13 bits per heavy atom. The number of sulfone groups is 1. The van der Waals surface area contributed by atoms with E-state index in [0.29, 0.717) is 36.2 Å². The van der Waals surface area contributed by atoms with Crippen molar-refractivity contribution in [2.75, 3.05) is 18.6 Å². The Labute approximate surface area is 353 Å². The third kappa shape index (κ3) is 18.3. The van der Waals surface area contributed by atoms with E-state index in [4.69, 9.17) is 11.5 Å². The minimum atomic E-state index is -3.49. The molecule has 0 saturated carbocycles. The molecule has 0 aliphatic carbocycles. The highest BCUT2D eigenvalue weighted by atomic mass is 35.1. The maximum atomic E-state index is 14.2. The van der Waals surface area contributed by atoms with Gasteiger partial charge in [0.25, 0.3) is 0 Å². The van der Waals surface area contributed by atoms with Crippen molar-refractivity contribution in [1.82, 2.24) is 36.6 Å². The van der Waals surface area contributed by atoms with Gasteiger partial charge in [-0.3, -0.25) is 28.8 Å². The molecular formula is C40H55N9O11S.